The van der Waals surface area contributed by atoms with Crippen molar-refractivity contribution in [2.24, 2.45) is 5.92 Å². The molecule has 0 radical (unpaired) electrons. The number of rotatable bonds is 5. The van der Waals surface area contributed by atoms with Crippen LogP contribution in [0.5, 0.6) is 0 Å². The van der Waals surface area contributed by atoms with Crippen LogP contribution in [0.2, 0.25) is 0 Å². The van der Waals surface area contributed by atoms with Gasteiger partial charge in [0.1, 0.15) is 5.82 Å². The minimum Gasteiger partial charge on any atom is -0.393 e. The van der Waals surface area contributed by atoms with Crippen LogP contribution in [0, 0.1) is 5.92 Å². The summed E-state index contributed by atoms with van der Waals surface area (Å²) in [4.78, 5) is 4.44. The molecule has 2 N–H and O–H groups in total. The van der Waals surface area contributed by atoms with Gasteiger partial charge in [0, 0.05) is 24.5 Å². The number of hydrogen-bond donors (Lipinski definition) is 2. The Morgan fingerprint density at radius 2 is 2.35 bits per heavy atom. The first-order chi connectivity index (χ1) is 8.28. The molecule has 4 nitrogen and oxygen atoms in total. The van der Waals surface area contributed by atoms with Crippen molar-refractivity contribution >= 4 is 16.7 Å². The molecular formula is C12H21N3OS. The zero-order valence-corrected chi connectivity index (χ0v) is 11.2. The van der Waals surface area contributed by atoms with E-state index in [4.69, 9.17) is 0 Å². The molecule has 1 fully saturated rings. The zero-order chi connectivity index (χ0) is 12.1. The predicted molar refractivity (Wildman–Crippen MR) is 70.4 cm³/mol. The normalized spacial score (nSPS) is 24.8. The van der Waals surface area contributed by atoms with Crippen molar-refractivity contribution in [3.05, 3.63) is 5.82 Å². The van der Waals surface area contributed by atoms with E-state index in [1.54, 1.807) is 0 Å². The summed E-state index contributed by atoms with van der Waals surface area (Å²) >= 11 is 1.44. The lowest BCUT2D eigenvalue weighted by molar-refractivity contribution is 0.105. The third-order valence-corrected chi connectivity index (χ3v) is 3.95. The highest BCUT2D eigenvalue weighted by Gasteiger charge is 2.20. The van der Waals surface area contributed by atoms with Gasteiger partial charge in [0.25, 0.3) is 0 Å². The minimum atomic E-state index is -0.0966. The smallest absolute Gasteiger partial charge is 0.202 e. The third kappa shape index (κ3) is 3.92. The van der Waals surface area contributed by atoms with Crippen molar-refractivity contribution in [1.29, 1.82) is 0 Å². The molecule has 0 amide bonds. The van der Waals surface area contributed by atoms with Crippen LogP contribution in [0.4, 0.5) is 5.13 Å². The molecule has 0 aromatic carbocycles. The number of nitrogens with one attached hydrogen (secondary N) is 1. The summed E-state index contributed by atoms with van der Waals surface area (Å²) in [7, 11) is 0. The van der Waals surface area contributed by atoms with Crippen molar-refractivity contribution in [3.8, 4) is 0 Å². The molecule has 0 bridgehead atoms. The van der Waals surface area contributed by atoms with Crippen LogP contribution in [0.3, 0.4) is 0 Å². The number of anilines is 1. The van der Waals surface area contributed by atoms with Gasteiger partial charge in [0.15, 0.2) is 0 Å². The van der Waals surface area contributed by atoms with E-state index in [-0.39, 0.29) is 6.10 Å². The average molecular weight is 255 g/mol. The van der Waals surface area contributed by atoms with Crippen LogP contribution in [0.15, 0.2) is 0 Å². The highest BCUT2D eigenvalue weighted by atomic mass is 32.1. The molecule has 0 saturated heterocycles. The Hall–Kier alpha value is -0.680. The van der Waals surface area contributed by atoms with Crippen molar-refractivity contribution in [1.82, 2.24) is 9.36 Å². The van der Waals surface area contributed by atoms with Crippen LogP contribution < -0.4 is 5.32 Å². The van der Waals surface area contributed by atoms with Gasteiger partial charge in [-0.3, -0.25) is 0 Å². The number of aromatic nitrogens is 2. The quantitative estimate of drug-likeness (QED) is 0.848. The number of hydrogen-bond acceptors (Lipinski definition) is 5. The van der Waals surface area contributed by atoms with E-state index < -0.39 is 0 Å². The van der Waals surface area contributed by atoms with E-state index in [2.05, 4.69) is 21.6 Å². The minimum absolute atomic E-state index is 0.0966. The molecule has 1 aromatic heterocycles. The molecule has 0 spiro atoms. The SMILES string of the molecule is CCCc1nsc(NCC2CCCC(O)C2)n1. The summed E-state index contributed by atoms with van der Waals surface area (Å²) < 4.78 is 4.30. The van der Waals surface area contributed by atoms with Gasteiger partial charge in [-0.1, -0.05) is 13.3 Å². The average Bonchev–Trinajstić information content (AvgIpc) is 2.75. The summed E-state index contributed by atoms with van der Waals surface area (Å²) in [5.74, 6) is 1.53. The first-order valence-electron chi connectivity index (χ1n) is 6.52. The van der Waals surface area contributed by atoms with Crippen molar-refractivity contribution in [2.75, 3.05) is 11.9 Å². The molecule has 1 aliphatic rings. The fraction of sp³-hybridized carbons (Fsp3) is 0.833. The predicted octanol–water partition coefficient (Wildman–Crippen LogP) is 2.45. The molecule has 1 saturated carbocycles. The van der Waals surface area contributed by atoms with Crippen LogP contribution in [-0.4, -0.2) is 27.1 Å². The lowest BCUT2D eigenvalue weighted by atomic mass is 9.87. The van der Waals surface area contributed by atoms with E-state index in [9.17, 15) is 5.11 Å². The van der Waals surface area contributed by atoms with Crippen LogP contribution >= 0.6 is 11.5 Å². The second-order valence-corrected chi connectivity index (χ2v) is 5.58. The first-order valence-corrected chi connectivity index (χ1v) is 7.29. The summed E-state index contributed by atoms with van der Waals surface area (Å²) in [6, 6.07) is 0. The second-order valence-electron chi connectivity index (χ2n) is 4.83. The van der Waals surface area contributed by atoms with Crippen molar-refractivity contribution < 1.29 is 5.11 Å². The van der Waals surface area contributed by atoms with Gasteiger partial charge in [-0.05, 0) is 31.6 Å². The van der Waals surface area contributed by atoms with Crippen molar-refractivity contribution in [2.45, 2.75) is 51.6 Å². The highest BCUT2D eigenvalue weighted by Crippen LogP contribution is 2.24. The molecule has 1 aromatic rings. The lowest BCUT2D eigenvalue weighted by Crippen LogP contribution is -2.24. The first kappa shape index (κ1) is 12.8. The van der Waals surface area contributed by atoms with E-state index in [0.29, 0.717) is 5.92 Å². The summed E-state index contributed by atoms with van der Waals surface area (Å²) in [6.07, 6.45) is 6.20. The summed E-state index contributed by atoms with van der Waals surface area (Å²) in [5.41, 5.74) is 0. The van der Waals surface area contributed by atoms with Gasteiger partial charge in [0.05, 0.1) is 6.10 Å². The van der Waals surface area contributed by atoms with Gasteiger partial charge in [-0.2, -0.15) is 4.37 Å². The summed E-state index contributed by atoms with van der Waals surface area (Å²) in [6.45, 7) is 3.05. The zero-order valence-electron chi connectivity index (χ0n) is 10.4. The van der Waals surface area contributed by atoms with Gasteiger partial charge >= 0.3 is 0 Å². The standard InChI is InChI=1S/C12H21N3OS/c1-2-4-11-14-12(17-15-11)13-8-9-5-3-6-10(16)7-9/h9-10,16H,2-8H2,1H3,(H,13,14,15). The Balaban J connectivity index is 1.76. The van der Waals surface area contributed by atoms with E-state index >= 15 is 0 Å². The Labute approximate surface area is 107 Å². The van der Waals surface area contributed by atoms with E-state index in [1.807, 2.05) is 0 Å². The molecule has 2 unspecified atom stereocenters. The fourth-order valence-electron chi connectivity index (χ4n) is 2.33. The lowest BCUT2D eigenvalue weighted by Gasteiger charge is -2.25. The Kier molecular flexibility index (Phi) is 4.74. The number of aliphatic hydroxyl groups excluding tert-OH is 1. The van der Waals surface area contributed by atoms with Crippen LogP contribution in [0.25, 0.3) is 0 Å². The van der Waals surface area contributed by atoms with Crippen LogP contribution in [-0.2, 0) is 6.42 Å². The number of aryl methyl sites for hydroxylation is 1. The molecule has 5 heteroatoms. The van der Waals surface area contributed by atoms with E-state index in [1.165, 1.54) is 18.0 Å². The van der Waals surface area contributed by atoms with Crippen LogP contribution in [0.1, 0.15) is 44.9 Å². The Morgan fingerprint density at radius 1 is 1.47 bits per heavy atom. The maximum Gasteiger partial charge on any atom is 0.202 e. The molecule has 2 rings (SSSR count). The molecule has 96 valence electrons. The van der Waals surface area contributed by atoms with E-state index in [0.717, 1.165) is 49.6 Å². The van der Waals surface area contributed by atoms with Gasteiger partial charge in [-0.25, -0.2) is 4.98 Å². The topological polar surface area (TPSA) is 58.0 Å². The van der Waals surface area contributed by atoms with Gasteiger partial charge in [0.2, 0.25) is 5.13 Å². The Bertz CT molecular complexity index is 342. The molecular weight excluding hydrogens is 234 g/mol. The molecule has 1 heterocycles. The molecule has 0 aliphatic heterocycles. The largest absolute Gasteiger partial charge is 0.393 e. The fourth-order valence-corrected chi connectivity index (χ4v) is 2.95. The maximum absolute atomic E-state index is 9.60. The third-order valence-electron chi connectivity index (χ3n) is 3.24. The summed E-state index contributed by atoms with van der Waals surface area (Å²) in [5, 5.41) is 13.9. The number of nitrogens with zero attached hydrogens (tertiary/aromatic N) is 2. The molecule has 17 heavy (non-hydrogen) atoms. The Morgan fingerprint density at radius 3 is 3.12 bits per heavy atom. The van der Waals surface area contributed by atoms with Gasteiger partial charge in [-0.15, -0.1) is 0 Å². The second kappa shape index (κ2) is 6.31. The molecule has 1 aliphatic carbocycles. The monoisotopic (exact) mass is 255 g/mol. The highest BCUT2D eigenvalue weighted by molar-refractivity contribution is 7.09. The maximum atomic E-state index is 9.60. The number of aliphatic hydroxyl groups is 1. The molecule has 2 atom stereocenters. The van der Waals surface area contributed by atoms with Crippen molar-refractivity contribution in [3.63, 3.8) is 0 Å². The van der Waals surface area contributed by atoms with Gasteiger partial charge < -0.3 is 10.4 Å².